The lowest BCUT2D eigenvalue weighted by molar-refractivity contribution is 0.0594. The fourth-order valence-electron chi connectivity index (χ4n) is 5.30. The first-order valence-electron chi connectivity index (χ1n) is 12.0. The van der Waals surface area contributed by atoms with E-state index in [1.807, 2.05) is 65.6 Å². The van der Waals surface area contributed by atoms with Crippen LogP contribution in [-0.4, -0.2) is 42.6 Å². The number of piperidine rings is 1. The molecule has 1 aromatic heterocycles. The van der Waals surface area contributed by atoms with Crippen molar-refractivity contribution in [1.29, 1.82) is 0 Å². The van der Waals surface area contributed by atoms with Gasteiger partial charge in [-0.15, -0.1) is 0 Å². The third kappa shape index (κ3) is 4.75. The van der Waals surface area contributed by atoms with E-state index < -0.39 is 10.0 Å². The number of amides is 1. The van der Waals surface area contributed by atoms with E-state index in [0.29, 0.717) is 31.6 Å². The van der Waals surface area contributed by atoms with Gasteiger partial charge in [0.15, 0.2) is 0 Å². The lowest BCUT2D eigenvalue weighted by Crippen LogP contribution is -2.49. The Labute approximate surface area is 205 Å². The predicted molar refractivity (Wildman–Crippen MR) is 137 cm³/mol. The minimum absolute atomic E-state index is 0.000876. The summed E-state index contributed by atoms with van der Waals surface area (Å²) in [6.07, 6.45) is 1.39. The van der Waals surface area contributed by atoms with Crippen molar-refractivity contribution in [2.24, 2.45) is 5.92 Å². The molecule has 2 aliphatic heterocycles. The third-order valence-corrected chi connectivity index (χ3v) is 8.35. The monoisotopic (exact) mass is 491 g/mol. The molecule has 0 saturated carbocycles. The van der Waals surface area contributed by atoms with Crippen LogP contribution in [0.15, 0.2) is 71.5 Å². The molecule has 3 heterocycles. The van der Waals surface area contributed by atoms with Crippen LogP contribution in [-0.2, 0) is 16.6 Å². The fraction of sp³-hybridized carbons (Fsp3) is 0.333. The van der Waals surface area contributed by atoms with Crippen molar-refractivity contribution in [2.75, 3.05) is 23.6 Å². The second kappa shape index (κ2) is 9.34. The number of nitrogens with one attached hydrogen (secondary N) is 1. The second-order valence-corrected chi connectivity index (χ2v) is 11.3. The molecule has 0 radical (unpaired) electrons. The molecular formula is C27H29N3O4S. The second-order valence-electron chi connectivity index (χ2n) is 9.46. The molecule has 8 heteroatoms. The van der Waals surface area contributed by atoms with Gasteiger partial charge in [0.1, 0.15) is 5.69 Å². The zero-order valence-electron chi connectivity index (χ0n) is 19.7. The number of carbonyl (C=O) groups excluding carboxylic acids is 1. The molecule has 182 valence electrons. The van der Waals surface area contributed by atoms with E-state index in [9.17, 15) is 18.0 Å². The summed E-state index contributed by atoms with van der Waals surface area (Å²) in [5, 5.41) is 0. The number of likely N-dealkylation sites (tertiary alicyclic amines) is 1. The van der Waals surface area contributed by atoms with E-state index in [-0.39, 0.29) is 34.7 Å². The summed E-state index contributed by atoms with van der Waals surface area (Å²) < 4.78 is 28.5. The van der Waals surface area contributed by atoms with Crippen LogP contribution in [0.5, 0.6) is 0 Å². The summed E-state index contributed by atoms with van der Waals surface area (Å²) in [4.78, 5) is 28.3. The highest BCUT2D eigenvalue weighted by atomic mass is 32.2. The van der Waals surface area contributed by atoms with Crippen LogP contribution in [0, 0.1) is 5.92 Å². The Balaban J connectivity index is 1.34. The van der Waals surface area contributed by atoms with Crippen molar-refractivity contribution in [3.8, 4) is 11.1 Å². The molecule has 2 aromatic carbocycles. The molecule has 1 saturated heterocycles. The van der Waals surface area contributed by atoms with Crippen LogP contribution >= 0.6 is 0 Å². The molecule has 5 rings (SSSR count). The van der Waals surface area contributed by atoms with Gasteiger partial charge in [-0.05, 0) is 54.2 Å². The number of benzene rings is 2. The molecule has 7 nitrogen and oxygen atoms in total. The SMILES string of the molecule is CCCS(=O)(=O)Nc1ccc2n(c1=O)C[C@@H]1C[C@@H]2CN(C(=O)c2ccc(-c3ccccc3)cc2)C1. The molecule has 35 heavy (non-hydrogen) atoms. The Hall–Kier alpha value is -3.39. The van der Waals surface area contributed by atoms with Gasteiger partial charge in [-0.3, -0.25) is 14.3 Å². The standard InChI is InChI=1S/C27H29N3O4S/c1-2-14-35(33,34)28-24-12-13-25-23-15-19(17-30(25)27(24)32)16-29(18-23)26(31)22-10-8-21(9-11-22)20-6-4-3-5-7-20/h3-13,19,23,28H,2,14-18H2,1H3/t19-,23-/m1/s1. The summed E-state index contributed by atoms with van der Waals surface area (Å²) in [5.74, 6) is 0.167. The number of sulfonamides is 1. The first-order chi connectivity index (χ1) is 16.8. The number of anilines is 1. The highest BCUT2D eigenvalue weighted by Gasteiger charge is 2.37. The number of hydrogen-bond acceptors (Lipinski definition) is 4. The van der Waals surface area contributed by atoms with Crippen molar-refractivity contribution >= 4 is 21.6 Å². The summed E-state index contributed by atoms with van der Waals surface area (Å²) in [6, 6.07) is 21.1. The van der Waals surface area contributed by atoms with Gasteiger partial charge in [0.25, 0.3) is 11.5 Å². The molecule has 0 spiro atoms. The van der Waals surface area contributed by atoms with Crippen molar-refractivity contribution in [3.05, 3.63) is 88.3 Å². The van der Waals surface area contributed by atoms with Crippen molar-refractivity contribution < 1.29 is 13.2 Å². The molecule has 2 aliphatic rings. The van der Waals surface area contributed by atoms with Crippen LogP contribution in [0.1, 0.15) is 41.7 Å². The Morgan fingerprint density at radius 3 is 2.37 bits per heavy atom. The Bertz CT molecular complexity index is 1400. The van der Waals surface area contributed by atoms with Gasteiger partial charge in [-0.1, -0.05) is 49.4 Å². The van der Waals surface area contributed by atoms with E-state index in [2.05, 4.69) is 4.72 Å². The molecule has 0 aliphatic carbocycles. The smallest absolute Gasteiger partial charge is 0.275 e. The maximum Gasteiger partial charge on any atom is 0.275 e. The van der Waals surface area contributed by atoms with Crippen molar-refractivity contribution in [1.82, 2.24) is 9.47 Å². The summed E-state index contributed by atoms with van der Waals surface area (Å²) >= 11 is 0. The molecule has 1 fully saturated rings. The zero-order valence-corrected chi connectivity index (χ0v) is 20.5. The number of nitrogens with zero attached hydrogens (tertiary/aromatic N) is 2. The lowest BCUT2D eigenvalue weighted by Gasteiger charge is -2.43. The molecule has 3 aromatic rings. The number of aromatic nitrogens is 1. The Morgan fingerprint density at radius 2 is 1.66 bits per heavy atom. The summed E-state index contributed by atoms with van der Waals surface area (Å²) in [7, 11) is -3.54. The van der Waals surface area contributed by atoms with Gasteiger partial charge in [-0.2, -0.15) is 0 Å². The third-order valence-electron chi connectivity index (χ3n) is 6.87. The van der Waals surface area contributed by atoms with Gasteiger partial charge in [0.2, 0.25) is 10.0 Å². The van der Waals surface area contributed by atoms with Crippen LogP contribution in [0.4, 0.5) is 5.69 Å². The Morgan fingerprint density at radius 1 is 0.943 bits per heavy atom. The largest absolute Gasteiger partial charge is 0.338 e. The van der Waals surface area contributed by atoms with E-state index >= 15 is 0 Å². The van der Waals surface area contributed by atoms with Crippen LogP contribution in [0.3, 0.4) is 0 Å². The van der Waals surface area contributed by atoms with Crippen molar-refractivity contribution in [2.45, 2.75) is 32.2 Å². The predicted octanol–water partition coefficient (Wildman–Crippen LogP) is 3.93. The van der Waals surface area contributed by atoms with Crippen LogP contribution in [0.2, 0.25) is 0 Å². The molecule has 0 unspecified atom stereocenters. The van der Waals surface area contributed by atoms with Crippen LogP contribution in [0.25, 0.3) is 11.1 Å². The highest BCUT2D eigenvalue weighted by Crippen LogP contribution is 2.36. The number of carbonyl (C=O) groups is 1. The van der Waals surface area contributed by atoms with Crippen molar-refractivity contribution in [3.63, 3.8) is 0 Å². The van der Waals surface area contributed by atoms with Gasteiger partial charge >= 0.3 is 0 Å². The van der Waals surface area contributed by atoms with E-state index in [1.54, 1.807) is 17.6 Å². The minimum atomic E-state index is -3.54. The lowest BCUT2D eigenvalue weighted by atomic mass is 9.83. The van der Waals surface area contributed by atoms with Gasteiger partial charge in [0.05, 0.1) is 5.75 Å². The Kier molecular flexibility index (Phi) is 6.23. The molecular weight excluding hydrogens is 462 g/mol. The quantitative estimate of drug-likeness (QED) is 0.566. The zero-order chi connectivity index (χ0) is 24.6. The molecule has 1 amide bonds. The van der Waals surface area contributed by atoms with E-state index in [1.165, 1.54) is 0 Å². The normalized spacial score (nSPS) is 19.2. The highest BCUT2D eigenvalue weighted by molar-refractivity contribution is 7.92. The summed E-state index contributed by atoms with van der Waals surface area (Å²) in [5.41, 5.74) is 3.47. The van der Waals surface area contributed by atoms with Gasteiger partial charge < -0.3 is 9.47 Å². The fourth-order valence-corrected chi connectivity index (χ4v) is 6.42. The average Bonchev–Trinajstić information content (AvgIpc) is 2.86. The van der Waals surface area contributed by atoms with Gasteiger partial charge in [-0.25, -0.2) is 8.42 Å². The van der Waals surface area contributed by atoms with Gasteiger partial charge in [0, 0.05) is 36.8 Å². The topological polar surface area (TPSA) is 88.5 Å². The number of fused-ring (bicyclic) bond motifs is 4. The van der Waals surface area contributed by atoms with Crippen LogP contribution < -0.4 is 10.3 Å². The molecule has 2 atom stereocenters. The maximum atomic E-state index is 13.3. The average molecular weight is 492 g/mol. The first-order valence-corrected chi connectivity index (χ1v) is 13.7. The minimum Gasteiger partial charge on any atom is -0.338 e. The number of rotatable bonds is 6. The number of hydrogen-bond donors (Lipinski definition) is 1. The van der Waals surface area contributed by atoms with E-state index in [0.717, 1.165) is 23.2 Å². The van der Waals surface area contributed by atoms with E-state index in [4.69, 9.17) is 0 Å². The molecule has 1 N–H and O–H groups in total. The maximum absolute atomic E-state index is 13.3. The first kappa shape index (κ1) is 23.4. The number of pyridine rings is 1. The summed E-state index contributed by atoms with van der Waals surface area (Å²) in [6.45, 7) is 3.37. The molecule has 2 bridgehead atoms.